The lowest BCUT2D eigenvalue weighted by atomic mass is 9.63. The first-order valence-corrected chi connectivity index (χ1v) is 10.5. The van der Waals surface area contributed by atoms with E-state index in [4.69, 9.17) is 9.15 Å². The number of hydrazone groups is 1. The maximum atomic E-state index is 12.8. The second-order valence-corrected chi connectivity index (χ2v) is 8.08. The van der Waals surface area contributed by atoms with Crippen LogP contribution in [0.3, 0.4) is 0 Å². The van der Waals surface area contributed by atoms with Crippen LogP contribution < -0.4 is 0 Å². The zero-order valence-electron chi connectivity index (χ0n) is 17.1. The van der Waals surface area contributed by atoms with Crippen LogP contribution in [0, 0.1) is 23.7 Å². The Morgan fingerprint density at radius 3 is 2.48 bits per heavy atom. The summed E-state index contributed by atoms with van der Waals surface area (Å²) >= 11 is 0. The van der Waals surface area contributed by atoms with Gasteiger partial charge in [-0.1, -0.05) is 24.3 Å². The van der Waals surface area contributed by atoms with Crippen LogP contribution in [-0.2, 0) is 14.3 Å². The number of rotatable bonds is 5. The number of furan rings is 1. The van der Waals surface area contributed by atoms with Gasteiger partial charge in [-0.2, -0.15) is 10.1 Å². The molecule has 31 heavy (non-hydrogen) atoms. The van der Waals surface area contributed by atoms with Crippen LogP contribution in [0.5, 0.6) is 0 Å². The Balaban J connectivity index is 1.34. The monoisotopic (exact) mass is 418 g/mol. The number of nitrogens with zero attached hydrogens (tertiary/aromatic N) is 2. The quantitative estimate of drug-likeness (QED) is 0.320. The van der Waals surface area contributed by atoms with Crippen LogP contribution in [0.2, 0.25) is 0 Å². The molecule has 2 heterocycles. The first kappa shape index (κ1) is 19.5. The van der Waals surface area contributed by atoms with Crippen molar-refractivity contribution in [1.82, 2.24) is 5.01 Å². The van der Waals surface area contributed by atoms with Crippen molar-refractivity contribution in [3.63, 3.8) is 0 Å². The molecule has 1 aromatic carbocycles. The molecule has 1 saturated heterocycles. The maximum Gasteiger partial charge on any atom is 0.338 e. The lowest BCUT2D eigenvalue weighted by Gasteiger charge is -2.37. The fraction of sp³-hybridized carbons (Fsp3) is 0.333. The zero-order chi connectivity index (χ0) is 21.5. The highest BCUT2D eigenvalue weighted by atomic mass is 16.5. The van der Waals surface area contributed by atoms with E-state index in [1.807, 2.05) is 6.07 Å². The van der Waals surface area contributed by atoms with E-state index in [9.17, 15) is 14.4 Å². The number of benzene rings is 1. The number of imide groups is 1. The van der Waals surface area contributed by atoms with Crippen molar-refractivity contribution < 1.29 is 23.5 Å². The molecule has 0 radical (unpaired) electrons. The summed E-state index contributed by atoms with van der Waals surface area (Å²) < 4.78 is 10.8. The number of allylic oxidation sites excluding steroid dienone is 2. The molecule has 2 bridgehead atoms. The molecule has 7 heteroatoms. The van der Waals surface area contributed by atoms with Gasteiger partial charge in [0.15, 0.2) is 0 Å². The number of ether oxygens (including phenoxy) is 1. The van der Waals surface area contributed by atoms with Gasteiger partial charge in [0.1, 0.15) is 11.5 Å². The second kappa shape index (κ2) is 7.65. The van der Waals surface area contributed by atoms with Crippen molar-refractivity contribution in [2.45, 2.75) is 19.8 Å². The third-order valence-corrected chi connectivity index (χ3v) is 6.32. The molecule has 0 N–H and O–H groups in total. The topological polar surface area (TPSA) is 89.2 Å². The SMILES string of the molecule is CCOC(=O)c1cccc(-c2ccc(/C=N\N3C(=O)[C@H]4[C@H](C3=O)[C@@H]3C=C[C@@H]4CC3)o2)c1. The molecule has 4 atom stereocenters. The van der Waals surface area contributed by atoms with E-state index in [0.717, 1.165) is 17.9 Å². The Hall–Kier alpha value is -3.48. The summed E-state index contributed by atoms with van der Waals surface area (Å²) in [5.74, 6) is -0.192. The van der Waals surface area contributed by atoms with Gasteiger partial charge in [-0.3, -0.25) is 9.59 Å². The van der Waals surface area contributed by atoms with Gasteiger partial charge in [0.25, 0.3) is 11.8 Å². The van der Waals surface area contributed by atoms with Gasteiger partial charge < -0.3 is 9.15 Å². The third kappa shape index (κ3) is 3.30. The van der Waals surface area contributed by atoms with Crippen LogP contribution >= 0.6 is 0 Å². The molecule has 4 aliphatic rings. The number of hydrogen-bond donors (Lipinski definition) is 0. The van der Waals surface area contributed by atoms with Crippen molar-refractivity contribution in [3.8, 4) is 11.3 Å². The minimum Gasteiger partial charge on any atom is -0.462 e. The summed E-state index contributed by atoms with van der Waals surface area (Å²) in [5.41, 5.74) is 1.15. The number of hydrogen-bond acceptors (Lipinski definition) is 6. The third-order valence-electron chi connectivity index (χ3n) is 6.32. The Morgan fingerprint density at radius 2 is 1.84 bits per heavy atom. The lowest BCUT2D eigenvalue weighted by Crippen LogP contribution is -2.38. The molecule has 2 aromatic rings. The summed E-state index contributed by atoms with van der Waals surface area (Å²) in [7, 11) is 0. The molecule has 2 amide bonds. The predicted molar refractivity (Wildman–Crippen MR) is 112 cm³/mol. The fourth-order valence-electron chi connectivity index (χ4n) is 4.88. The van der Waals surface area contributed by atoms with Crippen LogP contribution in [0.15, 0.2) is 58.1 Å². The minimum atomic E-state index is -0.395. The highest BCUT2D eigenvalue weighted by Gasteiger charge is 2.56. The molecule has 1 aliphatic heterocycles. The first-order valence-electron chi connectivity index (χ1n) is 10.5. The van der Waals surface area contributed by atoms with Gasteiger partial charge in [0, 0.05) is 5.56 Å². The molecule has 0 spiro atoms. The fourth-order valence-corrected chi connectivity index (χ4v) is 4.88. The summed E-state index contributed by atoms with van der Waals surface area (Å²) in [5, 5.41) is 5.18. The average molecular weight is 418 g/mol. The lowest BCUT2D eigenvalue weighted by molar-refractivity contribution is -0.140. The highest BCUT2D eigenvalue weighted by molar-refractivity contribution is 6.06. The van der Waals surface area contributed by atoms with Crippen LogP contribution in [0.4, 0.5) is 0 Å². The van der Waals surface area contributed by atoms with Crippen molar-refractivity contribution in [3.05, 3.63) is 59.9 Å². The molecule has 158 valence electrons. The van der Waals surface area contributed by atoms with Gasteiger partial charge in [0.2, 0.25) is 0 Å². The maximum absolute atomic E-state index is 12.8. The summed E-state index contributed by atoms with van der Waals surface area (Å²) in [6, 6.07) is 10.4. The van der Waals surface area contributed by atoms with E-state index in [2.05, 4.69) is 17.3 Å². The molecule has 0 unspecified atom stereocenters. The average Bonchev–Trinajstić information content (AvgIpc) is 3.38. The minimum absolute atomic E-state index is 0.133. The van der Waals surface area contributed by atoms with Crippen molar-refractivity contribution in [2.75, 3.05) is 6.61 Å². The van der Waals surface area contributed by atoms with Gasteiger partial charge in [-0.05, 0) is 55.9 Å². The molecule has 2 fully saturated rings. The standard InChI is InChI=1S/C24H22N2O5/c1-2-30-24(29)17-5-3-4-16(12-17)19-11-10-18(31-19)13-25-26-22(27)20-14-6-7-15(9-8-14)21(20)23(26)28/h3-7,10-15,20-21H,2,8-9H2,1H3/b25-13-/t14-,15-,20-,21-/m1/s1. The molecule has 1 saturated carbocycles. The zero-order valence-corrected chi connectivity index (χ0v) is 17.1. The summed E-state index contributed by atoms with van der Waals surface area (Å²) in [6.07, 6.45) is 7.45. The van der Waals surface area contributed by atoms with Gasteiger partial charge in [-0.25, -0.2) is 4.79 Å². The Labute approximate surface area is 179 Å². The largest absolute Gasteiger partial charge is 0.462 e. The Kier molecular flexibility index (Phi) is 4.81. The molecular weight excluding hydrogens is 396 g/mol. The van der Waals surface area contributed by atoms with E-state index in [0.29, 0.717) is 29.3 Å². The van der Waals surface area contributed by atoms with Crippen LogP contribution in [0.1, 0.15) is 35.9 Å². The van der Waals surface area contributed by atoms with Crippen molar-refractivity contribution in [1.29, 1.82) is 0 Å². The summed E-state index contributed by atoms with van der Waals surface area (Å²) in [6.45, 7) is 2.06. The van der Waals surface area contributed by atoms with Crippen LogP contribution in [-0.4, -0.2) is 35.6 Å². The highest BCUT2D eigenvalue weighted by Crippen LogP contribution is 2.49. The van der Waals surface area contributed by atoms with E-state index >= 15 is 0 Å². The van der Waals surface area contributed by atoms with Crippen LogP contribution in [0.25, 0.3) is 11.3 Å². The van der Waals surface area contributed by atoms with E-state index in [1.165, 1.54) is 6.21 Å². The van der Waals surface area contributed by atoms with E-state index < -0.39 is 5.97 Å². The van der Waals surface area contributed by atoms with Gasteiger partial charge >= 0.3 is 5.97 Å². The second-order valence-electron chi connectivity index (χ2n) is 8.08. The smallest absolute Gasteiger partial charge is 0.338 e. The normalized spacial score (nSPS) is 26.7. The number of fused-ring (bicyclic) bond motifs is 1. The predicted octanol–water partition coefficient (Wildman–Crippen LogP) is 3.65. The molecule has 6 rings (SSSR count). The Bertz CT molecular complexity index is 1080. The summed E-state index contributed by atoms with van der Waals surface area (Å²) in [4.78, 5) is 37.6. The van der Waals surface area contributed by atoms with Crippen molar-refractivity contribution in [2.24, 2.45) is 28.8 Å². The van der Waals surface area contributed by atoms with Gasteiger partial charge in [0.05, 0.1) is 30.2 Å². The first-order chi connectivity index (χ1) is 15.1. The van der Waals surface area contributed by atoms with E-state index in [-0.39, 0.29) is 35.5 Å². The number of carbonyl (C=O) groups is 3. The molecule has 7 nitrogen and oxygen atoms in total. The van der Waals surface area contributed by atoms with Crippen molar-refractivity contribution >= 4 is 24.0 Å². The Morgan fingerprint density at radius 1 is 1.13 bits per heavy atom. The van der Waals surface area contributed by atoms with E-state index in [1.54, 1.807) is 37.3 Å². The molecule has 3 aliphatic carbocycles. The number of esters is 1. The number of carbonyl (C=O) groups excluding carboxylic acids is 3. The van der Waals surface area contributed by atoms with Gasteiger partial charge in [-0.15, -0.1) is 0 Å². The molecule has 1 aromatic heterocycles. The number of amides is 2. The molecular formula is C24H22N2O5.